The average Bonchev–Trinajstić information content (AvgIpc) is 3.52. The summed E-state index contributed by atoms with van der Waals surface area (Å²) in [5.41, 5.74) is 5.97. The number of halogens is 2. The molecule has 1 N–H and O–H groups in total. The Balaban J connectivity index is 1.39. The molecule has 2 aliphatic rings. The lowest BCUT2D eigenvalue weighted by Gasteiger charge is -2.20. The summed E-state index contributed by atoms with van der Waals surface area (Å²) in [4.78, 5) is 6.65. The summed E-state index contributed by atoms with van der Waals surface area (Å²) in [6.45, 7) is 2.41. The predicted molar refractivity (Wildman–Crippen MR) is 124 cm³/mol. The molecule has 2 aromatic heterocycles. The Bertz CT molecular complexity index is 1310. The second-order valence-corrected chi connectivity index (χ2v) is 8.80. The van der Waals surface area contributed by atoms with Crippen LogP contribution in [0.2, 0.25) is 0 Å². The first-order chi connectivity index (χ1) is 16.1. The molecule has 6 nitrogen and oxygen atoms in total. The molecule has 0 spiro atoms. The highest BCUT2D eigenvalue weighted by molar-refractivity contribution is 5.71. The zero-order valence-corrected chi connectivity index (χ0v) is 18.2. The van der Waals surface area contributed by atoms with Crippen molar-refractivity contribution in [3.63, 3.8) is 0 Å². The summed E-state index contributed by atoms with van der Waals surface area (Å²) >= 11 is 0. The standard InChI is InChI=1S/C25H24F2N6/c1-28-10-19-13-31(14-22(19)27)21-6-7-23-18(8-21)12-32-11-17(16-2-4-20(26)5-3-16)9-24(32)25-29-15-30-33(23)25/h2-9,11,15,19,22,28H,10,12-14H2,1H3/t19?,22-/m1/s1. The van der Waals surface area contributed by atoms with E-state index in [4.69, 9.17) is 0 Å². The smallest absolute Gasteiger partial charge is 0.179 e. The third kappa shape index (κ3) is 3.41. The van der Waals surface area contributed by atoms with Crippen molar-refractivity contribution < 1.29 is 8.78 Å². The SMILES string of the molecule is CNCC1CN(c2ccc3c(c2)Cn2cc(-c4ccc(F)cc4)cc2-c2ncnn2-3)C[C@H]1F. The molecule has 168 valence electrons. The second-order valence-electron chi connectivity index (χ2n) is 8.80. The Labute approximate surface area is 190 Å². The molecule has 0 amide bonds. The first-order valence-electron chi connectivity index (χ1n) is 11.1. The molecule has 8 heteroatoms. The number of alkyl halides is 1. The molecule has 1 unspecified atom stereocenters. The van der Waals surface area contributed by atoms with Gasteiger partial charge in [0.1, 0.15) is 18.3 Å². The van der Waals surface area contributed by atoms with Crippen molar-refractivity contribution in [2.24, 2.45) is 5.92 Å². The lowest BCUT2D eigenvalue weighted by molar-refractivity contribution is 0.280. The lowest BCUT2D eigenvalue weighted by Crippen LogP contribution is -2.26. The van der Waals surface area contributed by atoms with Crippen molar-refractivity contribution in [2.75, 3.05) is 31.6 Å². The van der Waals surface area contributed by atoms with E-state index >= 15 is 0 Å². The van der Waals surface area contributed by atoms with Crippen molar-refractivity contribution in [3.8, 4) is 28.3 Å². The second kappa shape index (κ2) is 7.81. The Morgan fingerprint density at radius 3 is 2.73 bits per heavy atom. The summed E-state index contributed by atoms with van der Waals surface area (Å²) < 4.78 is 31.9. The molecule has 1 fully saturated rings. The van der Waals surface area contributed by atoms with Crippen molar-refractivity contribution in [2.45, 2.75) is 12.7 Å². The third-order valence-electron chi connectivity index (χ3n) is 6.68. The maximum atomic E-state index is 14.5. The van der Waals surface area contributed by atoms with Gasteiger partial charge in [-0.15, -0.1) is 0 Å². The van der Waals surface area contributed by atoms with Gasteiger partial charge in [0.15, 0.2) is 5.82 Å². The van der Waals surface area contributed by atoms with Crippen molar-refractivity contribution in [1.29, 1.82) is 0 Å². The molecular weight excluding hydrogens is 422 g/mol. The number of hydrogen-bond donors (Lipinski definition) is 1. The third-order valence-corrected chi connectivity index (χ3v) is 6.68. The van der Waals surface area contributed by atoms with Crippen LogP contribution in [0.15, 0.2) is 61.1 Å². The quantitative estimate of drug-likeness (QED) is 0.455. The highest BCUT2D eigenvalue weighted by Crippen LogP contribution is 2.35. The van der Waals surface area contributed by atoms with E-state index in [2.05, 4.69) is 49.3 Å². The summed E-state index contributed by atoms with van der Waals surface area (Å²) in [6.07, 6.45) is 2.79. The predicted octanol–water partition coefficient (Wildman–Crippen LogP) is 3.90. The molecule has 6 rings (SSSR count). The van der Waals surface area contributed by atoms with Gasteiger partial charge in [0.2, 0.25) is 0 Å². The van der Waals surface area contributed by atoms with Crippen molar-refractivity contribution >= 4 is 5.69 Å². The summed E-state index contributed by atoms with van der Waals surface area (Å²) in [5.74, 6) is 0.495. The Morgan fingerprint density at radius 1 is 1.06 bits per heavy atom. The first-order valence-corrected chi connectivity index (χ1v) is 11.1. The molecule has 1 saturated heterocycles. The van der Waals surface area contributed by atoms with Crippen LogP contribution in [0, 0.1) is 11.7 Å². The fraction of sp³-hybridized carbons (Fsp3) is 0.280. The average molecular weight is 447 g/mol. The van der Waals surface area contributed by atoms with Gasteiger partial charge in [-0.25, -0.2) is 18.4 Å². The molecule has 4 aromatic rings. The normalized spacial score (nSPS) is 19.2. The van der Waals surface area contributed by atoms with Crippen LogP contribution in [0.5, 0.6) is 0 Å². The Kier molecular flexibility index (Phi) is 4.76. The van der Waals surface area contributed by atoms with Crippen LogP contribution in [-0.2, 0) is 6.54 Å². The van der Waals surface area contributed by atoms with E-state index in [1.54, 1.807) is 18.5 Å². The minimum Gasteiger partial charge on any atom is -0.368 e. The van der Waals surface area contributed by atoms with Crippen LogP contribution >= 0.6 is 0 Å². The van der Waals surface area contributed by atoms with Crippen LogP contribution < -0.4 is 10.2 Å². The molecule has 0 aliphatic carbocycles. The van der Waals surface area contributed by atoms with Gasteiger partial charge in [-0.05, 0) is 54.6 Å². The fourth-order valence-electron chi connectivity index (χ4n) is 5.00. The van der Waals surface area contributed by atoms with Crippen LogP contribution in [-0.4, -0.2) is 52.2 Å². The molecule has 0 radical (unpaired) electrons. The molecule has 0 saturated carbocycles. The number of hydrogen-bond acceptors (Lipinski definition) is 4. The number of benzene rings is 2. The summed E-state index contributed by atoms with van der Waals surface area (Å²) in [7, 11) is 1.86. The first kappa shape index (κ1) is 20.1. The van der Waals surface area contributed by atoms with Gasteiger partial charge in [0.25, 0.3) is 0 Å². The minimum absolute atomic E-state index is 0.00922. The Hall–Kier alpha value is -3.52. The highest BCUT2D eigenvalue weighted by Gasteiger charge is 2.33. The van der Waals surface area contributed by atoms with E-state index in [1.807, 2.05) is 17.8 Å². The van der Waals surface area contributed by atoms with Crippen LogP contribution in [0.25, 0.3) is 28.3 Å². The van der Waals surface area contributed by atoms with Gasteiger partial charge in [0, 0.05) is 49.5 Å². The molecular formula is C25H24F2N6. The topological polar surface area (TPSA) is 50.9 Å². The van der Waals surface area contributed by atoms with Gasteiger partial charge in [-0.1, -0.05) is 12.1 Å². The van der Waals surface area contributed by atoms with Gasteiger partial charge < -0.3 is 14.8 Å². The van der Waals surface area contributed by atoms with E-state index in [0.29, 0.717) is 26.2 Å². The van der Waals surface area contributed by atoms with E-state index < -0.39 is 6.17 Å². The van der Waals surface area contributed by atoms with Gasteiger partial charge in [0.05, 0.1) is 11.4 Å². The van der Waals surface area contributed by atoms with Gasteiger partial charge >= 0.3 is 0 Å². The number of nitrogens with zero attached hydrogens (tertiary/aromatic N) is 5. The number of rotatable bonds is 4. The number of anilines is 1. The van der Waals surface area contributed by atoms with Crippen molar-refractivity contribution in [1.82, 2.24) is 24.6 Å². The van der Waals surface area contributed by atoms with Crippen molar-refractivity contribution in [3.05, 3.63) is 72.4 Å². The zero-order chi connectivity index (χ0) is 22.5. The van der Waals surface area contributed by atoms with Crippen LogP contribution in [0.4, 0.5) is 14.5 Å². The number of aromatic nitrogens is 4. The largest absolute Gasteiger partial charge is 0.368 e. The molecule has 33 heavy (non-hydrogen) atoms. The van der Waals surface area contributed by atoms with E-state index in [-0.39, 0.29) is 11.7 Å². The van der Waals surface area contributed by atoms with E-state index in [1.165, 1.54) is 12.1 Å². The molecule has 2 aromatic carbocycles. The minimum atomic E-state index is -0.840. The maximum Gasteiger partial charge on any atom is 0.179 e. The molecule has 2 atom stereocenters. The molecule has 4 heterocycles. The Morgan fingerprint density at radius 2 is 1.91 bits per heavy atom. The molecule has 0 bridgehead atoms. The van der Waals surface area contributed by atoms with Gasteiger partial charge in [-0.3, -0.25) is 0 Å². The maximum absolute atomic E-state index is 14.5. The van der Waals surface area contributed by atoms with Crippen LogP contribution in [0.1, 0.15) is 5.56 Å². The van der Waals surface area contributed by atoms with E-state index in [9.17, 15) is 8.78 Å². The lowest BCUT2D eigenvalue weighted by atomic mass is 10.1. The number of fused-ring (bicyclic) bond motifs is 5. The van der Waals surface area contributed by atoms with E-state index in [0.717, 1.165) is 39.6 Å². The molecule has 2 aliphatic heterocycles. The number of nitrogens with one attached hydrogen (secondary N) is 1. The zero-order valence-electron chi connectivity index (χ0n) is 18.2. The monoisotopic (exact) mass is 446 g/mol. The summed E-state index contributed by atoms with van der Waals surface area (Å²) in [5, 5.41) is 7.59. The highest BCUT2D eigenvalue weighted by atomic mass is 19.1. The van der Waals surface area contributed by atoms with Gasteiger partial charge in [-0.2, -0.15) is 5.10 Å². The van der Waals surface area contributed by atoms with Crippen LogP contribution in [0.3, 0.4) is 0 Å². The summed E-state index contributed by atoms with van der Waals surface area (Å²) in [6, 6.07) is 14.8. The fourth-order valence-corrected chi connectivity index (χ4v) is 5.00.